The number of unbranched alkanes of at least 4 members (excludes halogenated alkanes) is 25. The zero-order chi connectivity index (χ0) is 53.0. The first-order valence-electron chi connectivity index (χ1n) is 27.2. The van der Waals surface area contributed by atoms with Crippen LogP contribution in [0.3, 0.4) is 0 Å². The molecule has 0 spiro atoms. The zero-order valence-electron chi connectivity index (χ0n) is 44.5. The van der Waals surface area contributed by atoms with E-state index in [1.165, 1.54) is 154 Å². The first kappa shape index (κ1) is 71.6. The maximum atomic E-state index is 12.6. The summed E-state index contributed by atoms with van der Waals surface area (Å²) in [4.78, 5) is 75.3. The van der Waals surface area contributed by atoms with Crippen molar-refractivity contribution in [3.63, 3.8) is 0 Å². The number of ketones is 1. The van der Waals surface area contributed by atoms with E-state index in [4.69, 9.17) is 15.3 Å². The predicted molar refractivity (Wildman–Crippen MR) is 303 cm³/mol. The minimum atomic E-state index is -1.13. The number of aliphatic carboxylic acids is 2. The van der Waals surface area contributed by atoms with Gasteiger partial charge in [0.05, 0.1) is 5.76 Å². The number of aliphatic hydroxyl groups excluding tert-OH is 1. The number of allylic oxidation sites excluding steroid dienone is 1. The number of Topliss-reactive ketones (excluding diaryl/α,β-unsaturated/α-hetero) is 1. The molecule has 6 atom stereocenters. The molecule has 13 nitrogen and oxygen atoms in total. The molecule has 2 amide bonds. The lowest BCUT2D eigenvalue weighted by molar-refractivity contribution is -0.141. The number of carbonyl (C=O) groups is 6. The summed E-state index contributed by atoms with van der Waals surface area (Å²) in [5.74, 6) is -2.09. The molecule has 5 N–H and O–H groups in total. The topological polar surface area (TPSA) is 212 Å². The summed E-state index contributed by atoms with van der Waals surface area (Å²) in [6.07, 6.45) is 40.9. The summed E-state index contributed by atoms with van der Waals surface area (Å²) in [7, 11) is 7.18. The van der Waals surface area contributed by atoms with E-state index in [1.807, 2.05) is 0 Å². The van der Waals surface area contributed by atoms with Crippen molar-refractivity contribution in [1.29, 1.82) is 0 Å². The van der Waals surface area contributed by atoms with E-state index in [0.29, 0.717) is 68.1 Å². The molecule has 0 aromatic heterocycles. The fraction of sp³-hybridized carbons (Fsp3) is 0.815. The van der Waals surface area contributed by atoms with Crippen LogP contribution in [0.2, 0.25) is 0 Å². The number of nitrogens with one attached hydrogen (secondary N) is 2. The fourth-order valence-corrected chi connectivity index (χ4v) is 8.49. The Balaban J connectivity index is -0.00000105. The minimum absolute atomic E-state index is 0.00150. The van der Waals surface area contributed by atoms with Crippen LogP contribution in [0.4, 0.5) is 0 Å². The average molecular weight is 1050 g/mol. The molecular formula is C54H103N4O9P3. The van der Waals surface area contributed by atoms with Gasteiger partial charge in [-0.1, -0.05) is 216 Å². The number of nitrogens with zero attached hydrogens (tertiary/aromatic N) is 2. The number of hydrogen-bond donors (Lipinski definition) is 5. The maximum absolute atomic E-state index is 12.6. The molecule has 408 valence electrons. The van der Waals surface area contributed by atoms with Crippen LogP contribution < -0.4 is 10.6 Å². The summed E-state index contributed by atoms with van der Waals surface area (Å²) in [5, 5.41) is 31.5. The standard InChI is InChI=1S/C21H36N4O7P2.C17H34O.C16H33OP/c1-13(2)19(28)14(25-18(34)9-7-16(21(31)32)24-12-27)5-3-4-10-22-17(33)8-6-15(20(29)30)23-11-26;1-3-4-5-6-7-8-9-10-11-12-13-14-15-16-17(2)18;1-2-3-4-5-6-7-8-9-10-11-12-13-14-15-16(17)18/h11-16H,3-10,33-34H2,1-2H3,(H,23,26)(H,24,27)(H,29,30)(H,31,32);18H,2-16H2,1H3;2-15,18H2,1H3. The molecule has 6 unspecified atom stereocenters. The molecule has 0 bridgehead atoms. The highest BCUT2D eigenvalue weighted by molar-refractivity contribution is 7.41. The van der Waals surface area contributed by atoms with Crippen molar-refractivity contribution in [1.82, 2.24) is 10.6 Å². The Kier molecular flexibility index (Phi) is 55.4. The van der Waals surface area contributed by atoms with Crippen LogP contribution in [0.15, 0.2) is 22.3 Å². The molecule has 0 aliphatic carbocycles. The number of carboxylic acids is 2. The van der Waals surface area contributed by atoms with Gasteiger partial charge in [-0.15, -0.1) is 0 Å². The van der Waals surface area contributed by atoms with E-state index in [2.05, 4.69) is 68.8 Å². The van der Waals surface area contributed by atoms with Gasteiger partial charge in [0, 0.05) is 36.2 Å². The molecule has 0 saturated heterocycles. The second-order valence-corrected chi connectivity index (χ2v) is 21.0. The van der Waals surface area contributed by atoms with Crippen LogP contribution in [0.1, 0.15) is 252 Å². The molecule has 0 aromatic rings. The van der Waals surface area contributed by atoms with E-state index in [-0.39, 0.29) is 30.1 Å². The Morgan fingerprint density at radius 2 is 0.857 bits per heavy atom. The number of aliphatic hydroxyl groups is 1. The summed E-state index contributed by atoms with van der Waals surface area (Å²) in [6, 6.07) is -2.51. The molecule has 16 heteroatoms. The predicted octanol–water partition coefficient (Wildman–Crippen LogP) is 13.7. The Bertz CT molecular complexity index is 1360. The molecule has 0 aromatic carbocycles. The Hall–Kier alpha value is -2.61. The normalized spacial score (nSPS) is 12.7. The Morgan fingerprint density at radius 3 is 1.19 bits per heavy atom. The van der Waals surface area contributed by atoms with Crippen LogP contribution in [0.5, 0.6) is 0 Å². The average Bonchev–Trinajstić information content (AvgIpc) is 3.31. The number of rotatable bonds is 48. The Morgan fingerprint density at radius 1 is 0.500 bits per heavy atom. The summed E-state index contributed by atoms with van der Waals surface area (Å²) >= 11 is 0. The van der Waals surface area contributed by atoms with Crippen molar-refractivity contribution >= 4 is 74.7 Å². The van der Waals surface area contributed by atoms with Gasteiger partial charge in [-0.25, -0.2) is 9.59 Å². The van der Waals surface area contributed by atoms with Gasteiger partial charge in [0.2, 0.25) is 12.8 Å². The number of hydrogen-bond acceptors (Lipinski definition) is 9. The van der Waals surface area contributed by atoms with Crippen LogP contribution in [-0.4, -0.2) is 87.0 Å². The summed E-state index contributed by atoms with van der Waals surface area (Å²) in [5.41, 5.74) is 1.54. The SMILES string of the molecule is C=C(O)CCCCCCCCCCCCCCC.CC(C)C(=O)C(CCCCN=C(P)CCC(NC=O)C(=O)O)N=C(P)CCC(NC=O)C(=O)O.CCCCCCCCCCCCCCCC(=O)P. The molecule has 0 fully saturated rings. The van der Waals surface area contributed by atoms with Gasteiger partial charge in [0.15, 0.2) is 5.78 Å². The number of carbonyl (C=O) groups excluding carboxylic acids is 4. The van der Waals surface area contributed by atoms with E-state index in [9.17, 15) is 28.8 Å². The number of aliphatic imine (C=N–C) groups is 2. The molecule has 0 aliphatic rings. The monoisotopic (exact) mass is 1040 g/mol. The lowest BCUT2D eigenvalue weighted by Gasteiger charge is -2.16. The van der Waals surface area contributed by atoms with E-state index in [1.54, 1.807) is 13.8 Å². The lowest BCUT2D eigenvalue weighted by Crippen LogP contribution is -2.36. The van der Waals surface area contributed by atoms with Crippen molar-refractivity contribution in [2.24, 2.45) is 15.9 Å². The van der Waals surface area contributed by atoms with Gasteiger partial charge >= 0.3 is 11.9 Å². The molecule has 0 saturated carbocycles. The van der Waals surface area contributed by atoms with Crippen molar-refractivity contribution in [2.75, 3.05) is 6.54 Å². The second kappa shape index (κ2) is 54.2. The quantitative estimate of drug-likeness (QED) is 0.0129. The van der Waals surface area contributed by atoms with Crippen LogP contribution >= 0.6 is 27.7 Å². The number of amides is 2. The van der Waals surface area contributed by atoms with Crippen molar-refractivity contribution in [2.45, 2.75) is 271 Å². The van der Waals surface area contributed by atoms with Crippen LogP contribution in [0.25, 0.3) is 0 Å². The third-order valence-electron chi connectivity index (χ3n) is 12.0. The van der Waals surface area contributed by atoms with Gasteiger partial charge in [0.25, 0.3) is 0 Å². The van der Waals surface area contributed by atoms with E-state index < -0.39 is 30.1 Å². The maximum Gasteiger partial charge on any atom is 0.326 e. The fourth-order valence-electron chi connectivity index (χ4n) is 7.64. The second-order valence-electron chi connectivity index (χ2n) is 19.0. The Labute approximate surface area is 433 Å². The molecule has 70 heavy (non-hydrogen) atoms. The first-order chi connectivity index (χ1) is 33.6. The highest BCUT2D eigenvalue weighted by Crippen LogP contribution is 2.18. The molecule has 0 radical (unpaired) electrons. The zero-order valence-corrected chi connectivity index (χ0v) is 48.0. The van der Waals surface area contributed by atoms with Gasteiger partial charge in [-0.3, -0.25) is 29.2 Å². The number of carboxylic acid groups (broad SMARTS) is 2. The molecule has 0 heterocycles. The smallest absolute Gasteiger partial charge is 0.326 e. The third kappa shape index (κ3) is 53.2. The highest BCUT2D eigenvalue weighted by Gasteiger charge is 2.22. The lowest BCUT2D eigenvalue weighted by atomic mass is 9.97. The molecular weight excluding hydrogens is 942 g/mol. The highest BCUT2D eigenvalue weighted by atomic mass is 31.0. The van der Waals surface area contributed by atoms with Gasteiger partial charge in [-0.05, 0) is 57.8 Å². The largest absolute Gasteiger partial charge is 0.513 e. The summed E-state index contributed by atoms with van der Waals surface area (Å²) < 4.78 is 0. The van der Waals surface area contributed by atoms with Crippen molar-refractivity contribution in [3.05, 3.63) is 12.3 Å². The van der Waals surface area contributed by atoms with Crippen molar-refractivity contribution in [3.8, 4) is 0 Å². The first-order valence-corrected chi connectivity index (χ1v) is 28.9. The van der Waals surface area contributed by atoms with Gasteiger partial charge in [-0.2, -0.15) is 0 Å². The van der Waals surface area contributed by atoms with Gasteiger partial charge < -0.3 is 26.0 Å². The van der Waals surface area contributed by atoms with Crippen molar-refractivity contribution < 1.29 is 44.1 Å². The third-order valence-corrected chi connectivity index (χ3v) is 13.2. The van der Waals surface area contributed by atoms with E-state index >= 15 is 0 Å². The molecule has 0 aliphatic heterocycles. The summed E-state index contributed by atoms with van der Waals surface area (Å²) in [6.45, 7) is 12.2. The van der Waals surface area contributed by atoms with Gasteiger partial charge in [0.1, 0.15) is 23.6 Å². The van der Waals surface area contributed by atoms with E-state index in [0.717, 1.165) is 25.7 Å². The van der Waals surface area contributed by atoms with Crippen LogP contribution in [0, 0.1) is 5.92 Å². The molecule has 0 rings (SSSR count). The minimum Gasteiger partial charge on any atom is -0.513 e. The van der Waals surface area contributed by atoms with Crippen LogP contribution in [-0.2, 0) is 28.8 Å².